The molecule has 0 spiro atoms. The molecular formula is C14H8BrClF2N2. The first kappa shape index (κ1) is 13.5. The first-order valence-corrected chi connectivity index (χ1v) is 6.96. The van der Waals surface area contributed by atoms with E-state index in [1.54, 1.807) is 6.07 Å². The Morgan fingerprint density at radius 3 is 2.55 bits per heavy atom. The highest BCUT2D eigenvalue weighted by molar-refractivity contribution is 9.10. The molecule has 2 aromatic heterocycles. The number of hydrogen-bond acceptors (Lipinski definition) is 1. The Hall–Kier alpha value is -1.46. The van der Waals surface area contributed by atoms with Crippen LogP contribution in [0.5, 0.6) is 0 Å². The topological polar surface area (TPSA) is 17.8 Å². The predicted molar refractivity (Wildman–Crippen MR) is 77.9 cm³/mol. The van der Waals surface area contributed by atoms with Crippen molar-refractivity contribution in [2.24, 2.45) is 0 Å². The summed E-state index contributed by atoms with van der Waals surface area (Å²) < 4.78 is 28.8. The number of pyridine rings is 1. The van der Waals surface area contributed by atoms with Crippen molar-refractivity contribution in [2.75, 3.05) is 0 Å². The molecule has 6 heteroatoms. The second-order valence-electron chi connectivity index (χ2n) is 4.39. The van der Waals surface area contributed by atoms with Gasteiger partial charge in [-0.1, -0.05) is 11.6 Å². The van der Waals surface area contributed by atoms with Gasteiger partial charge in [-0.15, -0.1) is 0 Å². The number of hydrogen-bond donors (Lipinski definition) is 0. The minimum absolute atomic E-state index is 0.345. The second-order valence-corrected chi connectivity index (χ2v) is 5.55. The number of nitrogens with zero attached hydrogens (tertiary/aromatic N) is 2. The van der Waals surface area contributed by atoms with Gasteiger partial charge in [-0.05, 0) is 45.8 Å². The molecule has 3 aromatic rings. The molecule has 20 heavy (non-hydrogen) atoms. The van der Waals surface area contributed by atoms with E-state index in [1.807, 2.05) is 16.8 Å². The minimum Gasteiger partial charge on any atom is -0.342 e. The maximum absolute atomic E-state index is 13.2. The Kier molecular flexibility index (Phi) is 3.48. The molecule has 0 amide bonds. The van der Waals surface area contributed by atoms with Gasteiger partial charge in [-0.2, -0.15) is 0 Å². The third-order valence-electron chi connectivity index (χ3n) is 2.94. The van der Waals surface area contributed by atoms with Crippen LogP contribution in [-0.4, -0.2) is 9.55 Å². The van der Waals surface area contributed by atoms with E-state index in [1.165, 1.54) is 12.1 Å². The van der Waals surface area contributed by atoms with Crippen molar-refractivity contribution in [3.8, 4) is 0 Å². The zero-order valence-corrected chi connectivity index (χ0v) is 12.4. The monoisotopic (exact) mass is 356 g/mol. The average Bonchev–Trinajstić information content (AvgIpc) is 2.71. The molecular weight excluding hydrogens is 350 g/mol. The summed E-state index contributed by atoms with van der Waals surface area (Å²) in [6, 6.07) is 7.06. The zero-order chi connectivity index (χ0) is 14.3. The predicted octanol–water partition coefficient (Wildman–Crippen LogP) is 4.78. The number of fused-ring (bicyclic) bond motifs is 1. The molecule has 0 saturated heterocycles. The Balaban J connectivity index is 2.04. The Bertz CT molecular complexity index is 781. The van der Waals surface area contributed by atoms with E-state index in [-0.39, 0.29) is 0 Å². The smallest absolute Gasteiger partial charge is 0.126 e. The molecule has 3 rings (SSSR count). The molecule has 0 aliphatic rings. The van der Waals surface area contributed by atoms with Crippen LogP contribution in [0.25, 0.3) is 11.0 Å². The zero-order valence-electron chi connectivity index (χ0n) is 10.1. The fourth-order valence-corrected chi connectivity index (χ4v) is 2.55. The van der Waals surface area contributed by atoms with E-state index in [4.69, 9.17) is 11.6 Å². The highest BCUT2D eigenvalue weighted by Gasteiger charge is 2.08. The van der Waals surface area contributed by atoms with Crippen molar-refractivity contribution < 1.29 is 8.78 Å². The van der Waals surface area contributed by atoms with Crippen LogP contribution >= 0.6 is 27.5 Å². The SMILES string of the molecule is Fc1cc(F)cc(Cn2ccc3nc(Br)c(Cl)cc32)c1. The Morgan fingerprint density at radius 2 is 1.85 bits per heavy atom. The van der Waals surface area contributed by atoms with Crippen LogP contribution in [0.3, 0.4) is 0 Å². The normalized spacial score (nSPS) is 11.2. The quantitative estimate of drug-likeness (QED) is 0.604. The number of benzene rings is 1. The molecule has 1 aromatic carbocycles. The lowest BCUT2D eigenvalue weighted by atomic mass is 10.2. The van der Waals surface area contributed by atoms with Gasteiger partial charge in [0.25, 0.3) is 0 Å². The molecule has 0 atom stereocenters. The summed E-state index contributed by atoms with van der Waals surface area (Å²) in [7, 11) is 0. The first-order chi connectivity index (χ1) is 9.52. The summed E-state index contributed by atoms with van der Waals surface area (Å²) in [4.78, 5) is 4.29. The lowest BCUT2D eigenvalue weighted by Gasteiger charge is -2.07. The van der Waals surface area contributed by atoms with E-state index in [9.17, 15) is 8.78 Å². The fraction of sp³-hybridized carbons (Fsp3) is 0.0714. The van der Waals surface area contributed by atoms with Crippen molar-refractivity contribution in [2.45, 2.75) is 6.54 Å². The molecule has 0 unspecified atom stereocenters. The number of aromatic nitrogens is 2. The summed E-state index contributed by atoms with van der Waals surface area (Å²) in [5.41, 5.74) is 2.11. The van der Waals surface area contributed by atoms with E-state index < -0.39 is 11.6 Å². The summed E-state index contributed by atoms with van der Waals surface area (Å²) in [5.74, 6) is -1.18. The molecule has 2 nitrogen and oxygen atoms in total. The third-order valence-corrected chi connectivity index (χ3v) is 4.06. The van der Waals surface area contributed by atoms with Crippen molar-refractivity contribution in [3.63, 3.8) is 0 Å². The molecule has 0 aliphatic carbocycles. The molecule has 2 heterocycles. The van der Waals surface area contributed by atoms with Crippen molar-refractivity contribution in [1.29, 1.82) is 0 Å². The molecule has 0 bridgehead atoms. The van der Waals surface area contributed by atoms with Crippen LogP contribution in [0.15, 0.2) is 41.1 Å². The van der Waals surface area contributed by atoms with Crippen LogP contribution in [-0.2, 0) is 6.54 Å². The van der Waals surface area contributed by atoms with Crippen LogP contribution in [0, 0.1) is 11.6 Å². The summed E-state index contributed by atoms with van der Waals surface area (Å²) in [6.45, 7) is 0.345. The summed E-state index contributed by atoms with van der Waals surface area (Å²) >= 11 is 9.29. The van der Waals surface area contributed by atoms with Gasteiger partial charge in [0.1, 0.15) is 16.2 Å². The average molecular weight is 358 g/mol. The van der Waals surface area contributed by atoms with Crippen LogP contribution in [0.1, 0.15) is 5.56 Å². The van der Waals surface area contributed by atoms with Gasteiger partial charge in [0.2, 0.25) is 0 Å². The molecule has 0 N–H and O–H groups in total. The van der Waals surface area contributed by atoms with Gasteiger partial charge in [-0.3, -0.25) is 0 Å². The van der Waals surface area contributed by atoms with Crippen molar-refractivity contribution in [3.05, 3.63) is 63.4 Å². The first-order valence-electron chi connectivity index (χ1n) is 5.79. The molecule has 0 fully saturated rings. The molecule has 0 radical (unpaired) electrons. The highest BCUT2D eigenvalue weighted by atomic mass is 79.9. The standard InChI is InChI=1S/C14H8BrClF2N2/c15-14-11(16)6-13-12(19-14)1-2-20(13)7-8-3-9(17)5-10(18)4-8/h1-6H,7H2. The van der Waals surface area contributed by atoms with Gasteiger partial charge in [0.15, 0.2) is 0 Å². The molecule has 0 saturated carbocycles. The maximum atomic E-state index is 13.2. The van der Waals surface area contributed by atoms with Gasteiger partial charge in [-0.25, -0.2) is 13.8 Å². The highest BCUT2D eigenvalue weighted by Crippen LogP contribution is 2.26. The molecule has 102 valence electrons. The van der Waals surface area contributed by atoms with Gasteiger partial charge >= 0.3 is 0 Å². The van der Waals surface area contributed by atoms with Crippen LogP contribution in [0.2, 0.25) is 5.02 Å². The van der Waals surface area contributed by atoms with E-state index in [0.717, 1.165) is 17.1 Å². The second kappa shape index (κ2) is 5.14. The van der Waals surface area contributed by atoms with Crippen LogP contribution in [0.4, 0.5) is 8.78 Å². The van der Waals surface area contributed by atoms with Gasteiger partial charge in [0, 0.05) is 18.8 Å². The number of rotatable bonds is 2. The Labute approximate surface area is 127 Å². The number of halogens is 4. The van der Waals surface area contributed by atoms with E-state index in [0.29, 0.717) is 21.7 Å². The lowest BCUT2D eigenvalue weighted by Crippen LogP contribution is -1.99. The minimum atomic E-state index is -0.588. The third kappa shape index (κ3) is 2.55. The summed E-state index contributed by atoms with van der Waals surface area (Å²) in [5, 5.41) is 0.489. The fourth-order valence-electron chi connectivity index (χ4n) is 2.10. The van der Waals surface area contributed by atoms with Gasteiger partial charge in [0.05, 0.1) is 16.1 Å². The van der Waals surface area contributed by atoms with E-state index in [2.05, 4.69) is 20.9 Å². The van der Waals surface area contributed by atoms with Gasteiger partial charge < -0.3 is 4.57 Å². The maximum Gasteiger partial charge on any atom is 0.126 e. The summed E-state index contributed by atoms with van der Waals surface area (Å²) in [6.07, 6.45) is 1.81. The molecule has 0 aliphatic heterocycles. The Morgan fingerprint density at radius 1 is 1.15 bits per heavy atom. The van der Waals surface area contributed by atoms with Crippen molar-refractivity contribution in [1.82, 2.24) is 9.55 Å². The van der Waals surface area contributed by atoms with E-state index >= 15 is 0 Å². The van der Waals surface area contributed by atoms with Crippen LogP contribution < -0.4 is 0 Å². The van der Waals surface area contributed by atoms with Crippen molar-refractivity contribution >= 4 is 38.6 Å². The lowest BCUT2D eigenvalue weighted by molar-refractivity contribution is 0.578. The largest absolute Gasteiger partial charge is 0.342 e.